The zero-order chi connectivity index (χ0) is 19.8. The highest BCUT2D eigenvalue weighted by atomic mass is 16.5. The number of allylic oxidation sites excluding steroid dienone is 1. The van der Waals surface area contributed by atoms with Crippen LogP contribution < -0.4 is 10.1 Å². The average molecular weight is 366 g/mol. The van der Waals surface area contributed by atoms with Gasteiger partial charge < -0.3 is 20.3 Å². The number of aliphatic hydroxyl groups excluding tert-OH is 1. The number of carboxylic acids is 1. The van der Waals surface area contributed by atoms with Crippen molar-refractivity contribution in [1.82, 2.24) is 0 Å². The number of benzene rings is 2. The standard InChI is InChI=1S/C21H22N2O4/c1-3-4-16-11-14(2)12-18(20(16)27-10-9-24)19(21(25)26)23-17-7-5-15(13-22)6-8-17/h3,5-8,11-12,19,23-24H,1,4,9-10H2,2H3,(H,25,26). The smallest absolute Gasteiger partial charge is 0.330 e. The Hall–Kier alpha value is -3.30. The van der Waals surface area contributed by atoms with Crippen LogP contribution in [-0.2, 0) is 11.2 Å². The van der Waals surface area contributed by atoms with Crippen LogP contribution in [0, 0.1) is 18.3 Å². The van der Waals surface area contributed by atoms with Crippen LogP contribution in [-0.4, -0.2) is 29.4 Å². The number of nitrogens with zero attached hydrogens (tertiary/aromatic N) is 1. The second kappa shape index (κ2) is 9.41. The Kier molecular flexibility index (Phi) is 6.98. The summed E-state index contributed by atoms with van der Waals surface area (Å²) in [5, 5.41) is 30.8. The minimum atomic E-state index is -1.07. The van der Waals surface area contributed by atoms with Gasteiger partial charge in [-0.1, -0.05) is 17.7 Å². The molecule has 0 aliphatic carbocycles. The summed E-state index contributed by atoms with van der Waals surface area (Å²) in [4.78, 5) is 12.0. The molecular formula is C21H22N2O4. The Morgan fingerprint density at radius 3 is 2.63 bits per heavy atom. The van der Waals surface area contributed by atoms with Crippen molar-refractivity contribution in [2.24, 2.45) is 0 Å². The molecule has 0 bridgehead atoms. The Bertz CT molecular complexity index is 854. The monoisotopic (exact) mass is 366 g/mol. The number of carboxylic acid groups (broad SMARTS) is 1. The van der Waals surface area contributed by atoms with Crippen molar-refractivity contribution in [3.05, 3.63) is 71.3 Å². The van der Waals surface area contributed by atoms with Crippen LogP contribution in [0.4, 0.5) is 5.69 Å². The maximum absolute atomic E-state index is 12.0. The fourth-order valence-corrected chi connectivity index (χ4v) is 2.80. The van der Waals surface area contributed by atoms with Gasteiger partial charge in [-0.3, -0.25) is 0 Å². The molecular weight excluding hydrogens is 344 g/mol. The molecule has 2 aromatic carbocycles. The average Bonchev–Trinajstić information content (AvgIpc) is 2.65. The predicted molar refractivity (Wildman–Crippen MR) is 103 cm³/mol. The lowest BCUT2D eigenvalue weighted by molar-refractivity contribution is -0.138. The van der Waals surface area contributed by atoms with Gasteiger partial charge in [0.05, 0.1) is 18.2 Å². The van der Waals surface area contributed by atoms with Gasteiger partial charge in [0.25, 0.3) is 0 Å². The number of aliphatic hydroxyl groups is 1. The van der Waals surface area contributed by atoms with Crippen molar-refractivity contribution in [1.29, 1.82) is 5.26 Å². The number of carbonyl (C=O) groups is 1. The van der Waals surface area contributed by atoms with Crippen LogP contribution in [0.1, 0.15) is 28.3 Å². The van der Waals surface area contributed by atoms with Gasteiger partial charge in [-0.05, 0) is 49.2 Å². The van der Waals surface area contributed by atoms with Gasteiger partial charge in [0.2, 0.25) is 0 Å². The van der Waals surface area contributed by atoms with Gasteiger partial charge in [-0.15, -0.1) is 6.58 Å². The Morgan fingerprint density at radius 2 is 2.07 bits per heavy atom. The maximum atomic E-state index is 12.0. The second-order valence-electron chi connectivity index (χ2n) is 6.01. The quantitative estimate of drug-likeness (QED) is 0.589. The van der Waals surface area contributed by atoms with Crippen molar-refractivity contribution in [3.63, 3.8) is 0 Å². The van der Waals surface area contributed by atoms with E-state index in [0.29, 0.717) is 29.0 Å². The van der Waals surface area contributed by atoms with Crippen LogP contribution >= 0.6 is 0 Å². The van der Waals surface area contributed by atoms with Crippen molar-refractivity contribution in [2.75, 3.05) is 18.5 Å². The fourth-order valence-electron chi connectivity index (χ4n) is 2.80. The number of aryl methyl sites for hydroxylation is 1. The molecule has 2 aromatic rings. The zero-order valence-electron chi connectivity index (χ0n) is 15.1. The molecule has 3 N–H and O–H groups in total. The third-order valence-corrected chi connectivity index (χ3v) is 3.92. The second-order valence-corrected chi connectivity index (χ2v) is 6.01. The van der Waals surface area contributed by atoms with E-state index in [2.05, 4.69) is 11.9 Å². The molecule has 0 fully saturated rings. The molecule has 0 heterocycles. The summed E-state index contributed by atoms with van der Waals surface area (Å²) in [6.45, 7) is 5.50. The molecule has 6 nitrogen and oxygen atoms in total. The van der Waals surface area contributed by atoms with Crippen LogP contribution in [0.2, 0.25) is 0 Å². The van der Waals surface area contributed by atoms with E-state index in [1.165, 1.54) is 0 Å². The van der Waals surface area contributed by atoms with Crippen molar-refractivity contribution in [3.8, 4) is 11.8 Å². The highest BCUT2D eigenvalue weighted by Gasteiger charge is 2.25. The Balaban J connectivity index is 2.49. The van der Waals surface area contributed by atoms with Crippen LogP contribution in [0.3, 0.4) is 0 Å². The third-order valence-electron chi connectivity index (χ3n) is 3.92. The SMILES string of the molecule is C=CCc1cc(C)cc(C(Nc2ccc(C#N)cc2)C(=O)O)c1OCCO. The molecule has 0 radical (unpaired) electrons. The molecule has 0 aliphatic rings. The van der Waals surface area contributed by atoms with Gasteiger partial charge in [-0.25, -0.2) is 4.79 Å². The van der Waals surface area contributed by atoms with Crippen LogP contribution in [0.5, 0.6) is 5.75 Å². The Morgan fingerprint density at radius 1 is 1.37 bits per heavy atom. The van der Waals surface area contributed by atoms with Gasteiger partial charge in [-0.2, -0.15) is 5.26 Å². The summed E-state index contributed by atoms with van der Waals surface area (Å²) >= 11 is 0. The van der Waals surface area contributed by atoms with Gasteiger partial charge in [0, 0.05) is 11.3 Å². The lowest BCUT2D eigenvalue weighted by Crippen LogP contribution is -2.22. The van der Waals surface area contributed by atoms with Gasteiger partial charge in [0.15, 0.2) is 6.04 Å². The minimum absolute atomic E-state index is 0.0589. The molecule has 0 saturated heterocycles. The fraction of sp³-hybridized carbons (Fsp3) is 0.238. The first kappa shape index (κ1) is 20.0. The molecule has 0 spiro atoms. The Labute approximate surface area is 158 Å². The summed E-state index contributed by atoms with van der Waals surface area (Å²) in [6.07, 6.45) is 2.23. The van der Waals surface area contributed by atoms with E-state index in [1.807, 2.05) is 19.1 Å². The zero-order valence-corrected chi connectivity index (χ0v) is 15.1. The number of rotatable bonds is 9. The van der Waals surface area contributed by atoms with E-state index in [1.54, 1.807) is 36.4 Å². The molecule has 0 aromatic heterocycles. The first-order chi connectivity index (χ1) is 13.0. The summed E-state index contributed by atoms with van der Waals surface area (Å²) in [5.41, 5.74) is 3.23. The minimum Gasteiger partial charge on any atom is -0.491 e. The van der Waals surface area contributed by atoms with Crippen molar-refractivity contribution >= 4 is 11.7 Å². The highest BCUT2D eigenvalue weighted by molar-refractivity contribution is 5.81. The third kappa shape index (κ3) is 5.09. The number of anilines is 1. The first-order valence-corrected chi connectivity index (χ1v) is 8.47. The molecule has 0 amide bonds. The van der Waals surface area contributed by atoms with E-state index < -0.39 is 12.0 Å². The normalized spacial score (nSPS) is 11.3. The molecule has 0 saturated carbocycles. The number of hydrogen-bond acceptors (Lipinski definition) is 5. The van der Waals surface area contributed by atoms with E-state index in [0.717, 1.165) is 11.1 Å². The first-order valence-electron chi connectivity index (χ1n) is 8.47. The number of hydrogen-bond donors (Lipinski definition) is 3. The molecule has 140 valence electrons. The molecule has 0 aliphatic heterocycles. The van der Waals surface area contributed by atoms with E-state index in [9.17, 15) is 9.90 Å². The largest absolute Gasteiger partial charge is 0.491 e. The van der Waals surface area contributed by atoms with Crippen LogP contribution in [0.25, 0.3) is 0 Å². The lowest BCUT2D eigenvalue weighted by atomic mass is 9.97. The predicted octanol–water partition coefficient (Wildman–Crippen LogP) is 3.20. The van der Waals surface area contributed by atoms with E-state index in [-0.39, 0.29) is 13.2 Å². The topological polar surface area (TPSA) is 103 Å². The lowest BCUT2D eigenvalue weighted by Gasteiger charge is -2.22. The van der Waals surface area contributed by atoms with Crippen LogP contribution in [0.15, 0.2) is 49.1 Å². The summed E-state index contributed by atoms with van der Waals surface area (Å²) in [6, 6.07) is 11.2. The molecule has 1 atom stereocenters. The molecule has 27 heavy (non-hydrogen) atoms. The number of ether oxygens (including phenoxy) is 1. The number of nitrogens with one attached hydrogen (secondary N) is 1. The van der Waals surface area contributed by atoms with Gasteiger partial charge in [0.1, 0.15) is 12.4 Å². The number of aliphatic carboxylic acids is 1. The molecule has 2 rings (SSSR count). The summed E-state index contributed by atoms with van der Waals surface area (Å²) in [7, 11) is 0. The van der Waals surface area contributed by atoms with Crippen molar-refractivity contribution in [2.45, 2.75) is 19.4 Å². The maximum Gasteiger partial charge on any atom is 0.330 e. The van der Waals surface area contributed by atoms with Gasteiger partial charge >= 0.3 is 5.97 Å². The summed E-state index contributed by atoms with van der Waals surface area (Å²) in [5.74, 6) is -0.633. The molecule has 6 heteroatoms. The van der Waals surface area contributed by atoms with E-state index >= 15 is 0 Å². The van der Waals surface area contributed by atoms with E-state index in [4.69, 9.17) is 15.1 Å². The van der Waals surface area contributed by atoms with Crippen molar-refractivity contribution < 1.29 is 19.7 Å². The summed E-state index contributed by atoms with van der Waals surface area (Å²) < 4.78 is 5.69. The number of nitriles is 1. The highest BCUT2D eigenvalue weighted by Crippen LogP contribution is 2.34. The molecule has 1 unspecified atom stereocenters.